The van der Waals surface area contributed by atoms with E-state index in [1.54, 1.807) is 6.07 Å². The van der Waals surface area contributed by atoms with Crippen molar-refractivity contribution in [1.82, 2.24) is 0 Å². The fourth-order valence-electron chi connectivity index (χ4n) is 0.807. The van der Waals surface area contributed by atoms with E-state index in [4.69, 9.17) is 0 Å². The summed E-state index contributed by atoms with van der Waals surface area (Å²) in [7, 11) is 0. The summed E-state index contributed by atoms with van der Waals surface area (Å²) in [6.45, 7) is 3.71. The average molecular weight is 155 g/mol. The Bertz CT molecular complexity index is 254. The van der Waals surface area contributed by atoms with Gasteiger partial charge in [-0.25, -0.2) is 8.78 Å². The average Bonchev–Trinajstić information content (AvgIpc) is 1.94. The zero-order chi connectivity index (χ0) is 8.43. The highest BCUT2D eigenvalue weighted by molar-refractivity contribution is 5.28. The van der Waals surface area contributed by atoms with E-state index in [0.717, 1.165) is 17.5 Å². The molecular weight excluding hydrogens is 146 g/mol. The maximum absolute atomic E-state index is 12.6. The predicted molar refractivity (Wildman–Crippen MR) is 40.1 cm³/mol. The van der Waals surface area contributed by atoms with Crippen LogP contribution in [0.2, 0.25) is 0 Å². The molecule has 0 aliphatic rings. The number of rotatable bonds is 1. The molecule has 1 aromatic carbocycles. The van der Waals surface area contributed by atoms with E-state index in [1.165, 1.54) is 6.07 Å². The lowest BCUT2D eigenvalue weighted by atomic mass is 10.0. The topological polar surface area (TPSA) is 0 Å². The molecule has 0 spiro atoms. The first-order chi connectivity index (χ1) is 5.11. The van der Waals surface area contributed by atoms with E-state index in [0.29, 0.717) is 0 Å². The molecule has 0 bridgehead atoms. The Morgan fingerprint density at radius 2 is 1.73 bits per heavy atom. The summed E-state index contributed by atoms with van der Waals surface area (Å²) in [5, 5.41) is 0. The Morgan fingerprint density at radius 3 is 2.18 bits per heavy atom. The molecule has 59 valence electrons. The second-order valence-electron chi connectivity index (χ2n) is 2.63. The molecule has 0 aromatic heterocycles. The molecule has 1 rings (SSSR count). The number of hydrogen-bond acceptors (Lipinski definition) is 0. The van der Waals surface area contributed by atoms with Crippen LogP contribution >= 0.6 is 0 Å². The second kappa shape index (κ2) is 2.99. The molecule has 0 saturated carbocycles. The molecule has 0 atom stereocenters. The van der Waals surface area contributed by atoms with Gasteiger partial charge in [0.1, 0.15) is 0 Å². The van der Waals surface area contributed by atoms with Crippen molar-refractivity contribution in [2.45, 2.75) is 13.8 Å². The molecule has 0 amide bonds. The predicted octanol–water partition coefficient (Wildman–Crippen LogP) is 2.93. The van der Waals surface area contributed by atoms with Crippen molar-refractivity contribution < 1.29 is 8.78 Å². The molecular formula is C9H9F2. The van der Waals surface area contributed by atoms with Crippen LogP contribution in [0.15, 0.2) is 18.2 Å². The van der Waals surface area contributed by atoms with Crippen LogP contribution in [0.1, 0.15) is 19.4 Å². The fraction of sp³-hybridized carbons (Fsp3) is 0.222. The summed E-state index contributed by atoms with van der Waals surface area (Å²) in [6.07, 6.45) is 0. The lowest BCUT2D eigenvalue weighted by molar-refractivity contribution is 0.507. The third kappa shape index (κ3) is 1.76. The summed E-state index contributed by atoms with van der Waals surface area (Å²) >= 11 is 0. The van der Waals surface area contributed by atoms with Gasteiger partial charge in [0.15, 0.2) is 11.6 Å². The van der Waals surface area contributed by atoms with Crippen molar-refractivity contribution in [3.63, 3.8) is 0 Å². The van der Waals surface area contributed by atoms with Gasteiger partial charge in [-0.2, -0.15) is 0 Å². The van der Waals surface area contributed by atoms with Crippen LogP contribution in [-0.4, -0.2) is 0 Å². The highest BCUT2D eigenvalue weighted by Crippen LogP contribution is 2.15. The van der Waals surface area contributed by atoms with Crippen LogP contribution in [0.3, 0.4) is 0 Å². The highest BCUT2D eigenvalue weighted by atomic mass is 19.2. The first-order valence-electron chi connectivity index (χ1n) is 3.37. The third-order valence-electron chi connectivity index (χ3n) is 1.50. The second-order valence-corrected chi connectivity index (χ2v) is 2.63. The van der Waals surface area contributed by atoms with E-state index in [2.05, 4.69) is 0 Å². The van der Waals surface area contributed by atoms with Gasteiger partial charge < -0.3 is 0 Å². The normalized spacial score (nSPS) is 10.6. The largest absolute Gasteiger partial charge is 0.204 e. The molecule has 0 heterocycles. The minimum atomic E-state index is -0.796. The monoisotopic (exact) mass is 155 g/mol. The van der Waals surface area contributed by atoms with Gasteiger partial charge >= 0.3 is 0 Å². The molecule has 11 heavy (non-hydrogen) atoms. The third-order valence-corrected chi connectivity index (χ3v) is 1.50. The first kappa shape index (κ1) is 8.18. The van der Waals surface area contributed by atoms with Crippen LogP contribution < -0.4 is 0 Å². The fourth-order valence-corrected chi connectivity index (χ4v) is 0.807. The van der Waals surface area contributed by atoms with Crippen molar-refractivity contribution in [1.29, 1.82) is 0 Å². The van der Waals surface area contributed by atoms with Crippen molar-refractivity contribution in [3.8, 4) is 0 Å². The van der Waals surface area contributed by atoms with Crippen LogP contribution in [0.4, 0.5) is 8.78 Å². The quantitative estimate of drug-likeness (QED) is 0.585. The number of hydrogen-bond donors (Lipinski definition) is 0. The summed E-state index contributed by atoms with van der Waals surface area (Å²) in [6, 6.07) is 3.90. The molecule has 0 aliphatic carbocycles. The maximum Gasteiger partial charge on any atom is 0.159 e. The van der Waals surface area contributed by atoms with Gasteiger partial charge in [-0.1, -0.05) is 19.9 Å². The summed E-state index contributed by atoms with van der Waals surface area (Å²) < 4.78 is 24.9. The van der Waals surface area contributed by atoms with E-state index >= 15 is 0 Å². The Kier molecular flexibility index (Phi) is 2.22. The summed E-state index contributed by atoms with van der Waals surface area (Å²) in [5.74, 6) is -0.609. The van der Waals surface area contributed by atoms with E-state index < -0.39 is 11.6 Å². The van der Waals surface area contributed by atoms with Gasteiger partial charge in [-0.3, -0.25) is 0 Å². The van der Waals surface area contributed by atoms with Crippen molar-refractivity contribution in [2.24, 2.45) is 0 Å². The zero-order valence-corrected chi connectivity index (χ0v) is 6.49. The van der Waals surface area contributed by atoms with Gasteiger partial charge in [-0.05, 0) is 23.6 Å². The van der Waals surface area contributed by atoms with E-state index in [9.17, 15) is 8.78 Å². The van der Waals surface area contributed by atoms with Crippen LogP contribution in [0.25, 0.3) is 0 Å². The van der Waals surface area contributed by atoms with Gasteiger partial charge in [0.2, 0.25) is 0 Å². The van der Waals surface area contributed by atoms with E-state index in [1.807, 2.05) is 13.8 Å². The van der Waals surface area contributed by atoms with Crippen molar-refractivity contribution >= 4 is 0 Å². The number of halogens is 2. The molecule has 0 aliphatic heterocycles. The lowest BCUT2D eigenvalue weighted by Gasteiger charge is -2.03. The van der Waals surface area contributed by atoms with Crippen molar-refractivity contribution in [3.05, 3.63) is 41.3 Å². The van der Waals surface area contributed by atoms with Crippen LogP contribution in [0.5, 0.6) is 0 Å². The highest BCUT2D eigenvalue weighted by Gasteiger charge is 2.04. The van der Waals surface area contributed by atoms with Gasteiger partial charge in [-0.15, -0.1) is 0 Å². The molecule has 1 radical (unpaired) electrons. The lowest BCUT2D eigenvalue weighted by Crippen LogP contribution is -1.91. The van der Waals surface area contributed by atoms with Crippen LogP contribution in [-0.2, 0) is 0 Å². The molecule has 2 heteroatoms. The Balaban J connectivity index is 3.05. The maximum atomic E-state index is 12.6. The smallest absolute Gasteiger partial charge is 0.159 e. The Labute approximate surface area is 64.9 Å². The van der Waals surface area contributed by atoms with E-state index in [-0.39, 0.29) is 0 Å². The molecule has 1 aromatic rings. The Morgan fingerprint density at radius 1 is 1.09 bits per heavy atom. The SMILES string of the molecule is C[C](C)c1ccc(F)c(F)c1. The molecule has 0 saturated heterocycles. The zero-order valence-electron chi connectivity index (χ0n) is 6.49. The minimum absolute atomic E-state index is 0.740. The van der Waals surface area contributed by atoms with Gasteiger partial charge in [0.05, 0.1) is 0 Å². The van der Waals surface area contributed by atoms with Gasteiger partial charge in [0, 0.05) is 0 Å². The molecule has 0 N–H and O–H groups in total. The summed E-state index contributed by atoms with van der Waals surface area (Å²) in [4.78, 5) is 0. The van der Waals surface area contributed by atoms with Crippen LogP contribution in [0, 0.1) is 17.6 Å². The molecule has 0 nitrogen and oxygen atoms in total. The molecule has 0 fully saturated rings. The summed E-state index contributed by atoms with van der Waals surface area (Å²) in [5.41, 5.74) is 0.740. The standard InChI is InChI=1S/C9H9F2/c1-6(2)7-3-4-8(10)9(11)5-7/h3-5H,1-2H3. The number of benzene rings is 1. The Hall–Kier alpha value is -0.920. The van der Waals surface area contributed by atoms with Crippen molar-refractivity contribution in [2.75, 3.05) is 0 Å². The van der Waals surface area contributed by atoms with Gasteiger partial charge in [0.25, 0.3) is 0 Å². The molecule has 0 unspecified atom stereocenters. The first-order valence-corrected chi connectivity index (χ1v) is 3.37. The minimum Gasteiger partial charge on any atom is -0.204 e.